The number of rotatable bonds is 4. The predicted octanol–water partition coefficient (Wildman–Crippen LogP) is 4.13. The Morgan fingerprint density at radius 3 is 1.39 bits per heavy atom. The lowest BCUT2D eigenvalue weighted by molar-refractivity contribution is -0.123. The molecule has 0 radical (unpaired) electrons. The highest BCUT2D eigenvalue weighted by atomic mass is 16.5. The maximum atomic E-state index is 13.3. The molecule has 0 aromatic heterocycles. The second-order valence-corrected chi connectivity index (χ2v) is 8.03. The van der Waals surface area contributed by atoms with Crippen molar-refractivity contribution >= 4 is 23.2 Å². The highest BCUT2D eigenvalue weighted by Crippen LogP contribution is 2.45. The van der Waals surface area contributed by atoms with Crippen molar-refractivity contribution in [3.05, 3.63) is 95.1 Å². The number of hydrogen-bond donors (Lipinski definition) is 1. The van der Waals surface area contributed by atoms with Crippen LogP contribution in [0.1, 0.15) is 11.1 Å². The molecule has 3 aromatic rings. The number of carbonyl (C=O) groups excluding carboxylic acids is 2. The van der Waals surface area contributed by atoms with Gasteiger partial charge in [-0.15, -0.1) is 0 Å². The molecule has 0 bridgehead atoms. The average molecular weight is 438 g/mol. The fourth-order valence-corrected chi connectivity index (χ4v) is 4.43. The summed E-state index contributed by atoms with van der Waals surface area (Å²) in [7, 11) is 4.99. The molecule has 0 saturated carbocycles. The first-order valence-corrected chi connectivity index (χ1v) is 10.5. The third-order valence-corrected chi connectivity index (χ3v) is 6.15. The number of aromatic hydroxyl groups is 1. The van der Waals surface area contributed by atoms with Crippen molar-refractivity contribution in [3.63, 3.8) is 0 Å². The van der Waals surface area contributed by atoms with Gasteiger partial charge >= 0.3 is 0 Å². The monoisotopic (exact) mass is 438 g/mol. The molecule has 0 unspecified atom stereocenters. The SMILES string of the molecule is COc1ccc(C2=C3C(=O)N(C)C(c4ccc(-c5ccc(O)cc5)cc4)=C3C(=O)N2C)cc1. The van der Waals surface area contributed by atoms with E-state index in [2.05, 4.69) is 0 Å². The Balaban J connectivity index is 1.61. The van der Waals surface area contributed by atoms with Crippen molar-refractivity contribution in [2.45, 2.75) is 0 Å². The van der Waals surface area contributed by atoms with Crippen LogP contribution in [0.2, 0.25) is 0 Å². The Labute approximate surface area is 191 Å². The summed E-state index contributed by atoms with van der Waals surface area (Å²) in [6.07, 6.45) is 0. The van der Waals surface area contributed by atoms with Crippen LogP contribution in [-0.2, 0) is 9.59 Å². The minimum atomic E-state index is -0.203. The van der Waals surface area contributed by atoms with Crippen LogP contribution in [0.4, 0.5) is 0 Å². The lowest BCUT2D eigenvalue weighted by Crippen LogP contribution is -2.25. The molecule has 2 aliphatic heterocycles. The fraction of sp³-hybridized carbons (Fsp3) is 0.111. The Morgan fingerprint density at radius 2 is 0.970 bits per heavy atom. The van der Waals surface area contributed by atoms with E-state index < -0.39 is 0 Å². The molecule has 0 fully saturated rings. The number of likely N-dealkylation sites (N-methyl/N-ethyl adjacent to an activating group) is 2. The summed E-state index contributed by atoms with van der Waals surface area (Å²) < 4.78 is 5.23. The minimum Gasteiger partial charge on any atom is -0.508 e. The van der Waals surface area contributed by atoms with Gasteiger partial charge in [-0.3, -0.25) is 9.59 Å². The first kappa shape index (κ1) is 20.6. The molecule has 3 aromatic carbocycles. The van der Waals surface area contributed by atoms with E-state index in [4.69, 9.17) is 4.74 Å². The van der Waals surface area contributed by atoms with E-state index in [-0.39, 0.29) is 17.6 Å². The summed E-state index contributed by atoms with van der Waals surface area (Å²) in [5.74, 6) is 0.512. The smallest absolute Gasteiger partial charge is 0.261 e. The number of nitrogens with zero attached hydrogens (tertiary/aromatic N) is 2. The minimum absolute atomic E-state index is 0.203. The van der Waals surface area contributed by atoms with Crippen LogP contribution in [0, 0.1) is 0 Å². The molecule has 33 heavy (non-hydrogen) atoms. The molecule has 0 aliphatic carbocycles. The van der Waals surface area contributed by atoms with Gasteiger partial charge in [0.15, 0.2) is 0 Å². The largest absolute Gasteiger partial charge is 0.508 e. The predicted molar refractivity (Wildman–Crippen MR) is 126 cm³/mol. The van der Waals surface area contributed by atoms with Crippen LogP contribution in [-0.4, -0.2) is 47.9 Å². The molecule has 0 atom stereocenters. The zero-order valence-electron chi connectivity index (χ0n) is 18.5. The van der Waals surface area contributed by atoms with Gasteiger partial charge in [-0.05, 0) is 58.7 Å². The van der Waals surface area contributed by atoms with Crippen LogP contribution in [0.5, 0.6) is 11.5 Å². The zero-order chi connectivity index (χ0) is 23.3. The van der Waals surface area contributed by atoms with E-state index in [1.54, 1.807) is 43.1 Å². The highest BCUT2D eigenvalue weighted by molar-refractivity contribution is 6.30. The number of phenolic OH excluding ortho intramolecular Hbond substituents is 1. The maximum Gasteiger partial charge on any atom is 0.261 e. The lowest BCUT2D eigenvalue weighted by Gasteiger charge is -2.20. The Morgan fingerprint density at radius 1 is 0.606 bits per heavy atom. The van der Waals surface area contributed by atoms with Gasteiger partial charge < -0.3 is 19.6 Å². The summed E-state index contributed by atoms with van der Waals surface area (Å²) >= 11 is 0. The van der Waals surface area contributed by atoms with Gasteiger partial charge in [-0.1, -0.05) is 36.4 Å². The molecule has 5 rings (SSSR count). The number of amides is 2. The van der Waals surface area contributed by atoms with Gasteiger partial charge in [0.2, 0.25) is 0 Å². The fourth-order valence-electron chi connectivity index (χ4n) is 4.43. The van der Waals surface area contributed by atoms with Crippen molar-refractivity contribution in [3.8, 4) is 22.6 Å². The van der Waals surface area contributed by atoms with Gasteiger partial charge in [0, 0.05) is 14.1 Å². The number of hydrogen-bond acceptors (Lipinski definition) is 4. The molecule has 2 amide bonds. The number of ether oxygens (including phenoxy) is 1. The molecule has 2 aliphatic rings. The number of carbonyl (C=O) groups is 2. The summed E-state index contributed by atoms with van der Waals surface area (Å²) in [6, 6.07) is 22.0. The maximum absolute atomic E-state index is 13.3. The van der Waals surface area contributed by atoms with Crippen LogP contribution in [0.15, 0.2) is 83.9 Å². The Hall–Kier alpha value is -4.32. The molecule has 1 N–H and O–H groups in total. The van der Waals surface area contributed by atoms with Crippen LogP contribution >= 0.6 is 0 Å². The lowest BCUT2D eigenvalue weighted by atomic mass is 9.99. The van der Waals surface area contributed by atoms with Gasteiger partial charge in [-0.25, -0.2) is 0 Å². The molecule has 6 heteroatoms. The molecular formula is C27H22N2O4. The van der Waals surface area contributed by atoms with Gasteiger partial charge in [0.25, 0.3) is 11.8 Å². The molecule has 164 valence electrons. The Kier molecular flexibility index (Phi) is 4.78. The second-order valence-electron chi connectivity index (χ2n) is 8.03. The van der Waals surface area contributed by atoms with Crippen LogP contribution in [0.3, 0.4) is 0 Å². The normalized spacial score (nSPS) is 15.6. The van der Waals surface area contributed by atoms with Crippen LogP contribution in [0.25, 0.3) is 22.5 Å². The molecule has 0 spiro atoms. The van der Waals surface area contributed by atoms with Crippen molar-refractivity contribution in [1.29, 1.82) is 0 Å². The molecular weight excluding hydrogens is 416 g/mol. The Bertz CT molecular complexity index is 1330. The number of fused-ring (bicyclic) bond motifs is 1. The first-order valence-electron chi connectivity index (χ1n) is 10.5. The van der Waals surface area contributed by atoms with Crippen molar-refractivity contribution in [2.75, 3.05) is 21.2 Å². The van der Waals surface area contributed by atoms with Gasteiger partial charge in [0.1, 0.15) is 11.5 Å². The highest BCUT2D eigenvalue weighted by Gasteiger charge is 2.46. The standard InChI is InChI=1S/C27H22N2O4/c1-28-24(18-6-4-16(5-7-18)17-8-12-20(30)13-9-17)22-23(27(28)32)25(29(2)26(22)31)19-10-14-21(33-3)15-11-19/h4-15,30H,1-3H3. The number of phenols is 1. The summed E-state index contributed by atoms with van der Waals surface area (Å²) in [4.78, 5) is 29.7. The third-order valence-electron chi connectivity index (χ3n) is 6.15. The van der Waals surface area contributed by atoms with E-state index in [0.29, 0.717) is 28.3 Å². The number of benzene rings is 3. The van der Waals surface area contributed by atoms with Crippen molar-refractivity contribution in [2.24, 2.45) is 0 Å². The summed E-state index contributed by atoms with van der Waals surface area (Å²) in [5, 5.41) is 9.52. The first-order chi connectivity index (χ1) is 15.9. The van der Waals surface area contributed by atoms with E-state index >= 15 is 0 Å². The third kappa shape index (κ3) is 3.19. The average Bonchev–Trinajstić information content (AvgIpc) is 3.25. The van der Waals surface area contributed by atoms with Crippen molar-refractivity contribution in [1.82, 2.24) is 9.80 Å². The second kappa shape index (κ2) is 7.67. The summed E-state index contributed by atoms with van der Waals surface area (Å²) in [5.41, 5.74) is 5.56. The molecule has 6 nitrogen and oxygen atoms in total. The topological polar surface area (TPSA) is 70.1 Å². The van der Waals surface area contributed by atoms with E-state index in [0.717, 1.165) is 22.3 Å². The molecule has 0 saturated heterocycles. The van der Waals surface area contributed by atoms with E-state index in [9.17, 15) is 14.7 Å². The van der Waals surface area contributed by atoms with Gasteiger partial charge in [0.05, 0.1) is 29.7 Å². The van der Waals surface area contributed by atoms with Gasteiger partial charge in [-0.2, -0.15) is 0 Å². The number of methoxy groups -OCH3 is 1. The van der Waals surface area contributed by atoms with Crippen LogP contribution < -0.4 is 4.74 Å². The van der Waals surface area contributed by atoms with E-state index in [1.807, 2.05) is 60.7 Å². The quantitative estimate of drug-likeness (QED) is 0.665. The zero-order valence-corrected chi connectivity index (χ0v) is 18.5. The van der Waals surface area contributed by atoms with E-state index in [1.165, 1.54) is 0 Å². The molecule has 2 heterocycles. The summed E-state index contributed by atoms with van der Waals surface area (Å²) in [6.45, 7) is 0. The van der Waals surface area contributed by atoms with Crippen molar-refractivity contribution < 1.29 is 19.4 Å².